The van der Waals surface area contributed by atoms with Crippen LogP contribution in [0.15, 0.2) is 24.4 Å². The molecule has 84 valence electrons. The molecule has 0 atom stereocenters. The van der Waals surface area contributed by atoms with Crippen molar-refractivity contribution in [2.75, 3.05) is 6.61 Å². The number of rotatable bonds is 8. The molecule has 0 aliphatic carbocycles. The predicted molar refractivity (Wildman–Crippen MR) is 62.7 cm³/mol. The van der Waals surface area contributed by atoms with Gasteiger partial charge in [0.05, 0.1) is 12.3 Å². The topological polar surface area (TPSA) is 22.1 Å². The molecule has 0 radical (unpaired) electrons. The molecule has 2 heteroatoms. The molecular weight excluding hydrogens is 186 g/mol. The second-order valence-corrected chi connectivity index (χ2v) is 3.79. The van der Waals surface area contributed by atoms with Crippen LogP contribution in [0.2, 0.25) is 0 Å². The van der Waals surface area contributed by atoms with E-state index in [0.717, 1.165) is 12.3 Å². The maximum Gasteiger partial charge on any atom is 0.0887 e. The van der Waals surface area contributed by atoms with Crippen LogP contribution in [0.3, 0.4) is 0 Å². The van der Waals surface area contributed by atoms with Crippen LogP contribution in [0.4, 0.5) is 0 Å². The van der Waals surface area contributed by atoms with E-state index in [1.54, 1.807) is 6.20 Å². The van der Waals surface area contributed by atoms with Crippen LogP contribution in [0.5, 0.6) is 0 Å². The van der Waals surface area contributed by atoms with E-state index in [4.69, 9.17) is 4.74 Å². The van der Waals surface area contributed by atoms with Gasteiger partial charge in [-0.2, -0.15) is 0 Å². The highest BCUT2D eigenvalue weighted by atomic mass is 16.5. The lowest BCUT2D eigenvalue weighted by molar-refractivity contribution is 0.114. The van der Waals surface area contributed by atoms with Crippen molar-refractivity contribution in [3.05, 3.63) is 30.1 Å². The molecule has 2 nitrogen and oxygen atoms in total. The molecule has 0 fully saturated rings. The molecule has 1 aromatic heterocycles. The SMILES string of the molecule is CCCCCCCOCc1ccccn1. The average molecular weight is 207 g/mol. The Labute approximate surface area is 92.7 Å². The number of ether oxygens (including phenoxy) is 1. The highest BCUT2D eigenvalue weighted by Gasteiger charge is 1.93. The zero-order valence-corrected chi connectivity index (χ0v) is 9.61. The van der Waals surface area contributed by atoms with Gasteiger partial charge in [0.25, 0.3) is 0 Å². The minimum atomic E-state index is 0.647. The first kappa shape index (κ1) is 12.2. The lowest BCUT2D eigenvalue weighted by Crippen LogP contribution is -1.97. The van der Waals surface area contributed by atoms with E-state index in [0.29, 0.717) is 6.61 Å². The van der Waals surface area contributed by atoms with Gasteiger partial charge in [0.15, 0.2) is 0 Å². The minimum absolute atomic E-state index is 0.647. The van der Waals surface area contributed by atoms with Crippen molar-refractivity contribution in [2.24, 2.45) is 0 Å². The van der Waals surface area contributed by atoms with Crippen LogP contribution in [0.1, 0.15) is 44.7 Å². The van der Waals surface area contributed by atoms with Crippen LogP contribution in [0.25, 0.3) is 0 Å². The number of nitrogens with zero attached hydrogens (tertiary/aromatic N) is 1. The molecule has 0 saturated heterocycles. The Hall–Kier alpha value is -0.890. The van der Waals surface area contributed by atoms with Gasteiger partial charge in [0.1, 0.15) is 0 Å². The van der Waals surface area contributed by atoms with E-state index in [1.165, 1.54) is 32.1 Å². The number of pyridine rings is 1. The van der Waals surface area contributed by atoms with E-state index in [2.05, 4.69) is 11.9 Å². The van der Waals surface area contributed by atoms with Crippen LogP contribution in [-0.4, -0.2) is 11.6 Å². The van der Waals surface area contributed by atoms with Crippen molar-refractivity contribution in [3.63, 3.8) is 0 Å². The molecule has 0 saturated carbocycles. The van der Waals surface area contributed by atoms with Gasteiger partial charge < -0.3 is 4.74 Å². The molecule has 0 N–H and O–H groups in total. The smallest absolute Gasteiger partial charge is 0.0887 e. The Bertz CT molecular complexity index is 236. The molecule has 15 heavy (non-hydrogen) atoms. The summed E-state index contributed by atoms with van der Waals surface area (Å²) in [6.07, 6.45) is 8.25. The lowest BCUT2D eigenvalue weighted by Gasteiger charge is -2.03. The molecule has 0 bridgehead atoms. The van der Waals surface area contributed by atoms with Crippen molar-refractivity contribution in [1.82, 2.24) is 4.98 Å². The number of hydrogen-bond acceptors (Lipinski definition) is 2. The minimum Gasteiger partial charge on any atom is -0.375 e. The Morgan fingerprint density at radius 2 is 2.00 bits per heavy atom. The first-order valence-electron chi connectivity index (χ1n) is 5.91. The van der Waals surface area contributed by atoms with E-state index >= 15 is 0 Å². The summed E-state index contributed by atoms with van der Waals surface area (Å²) in [5, 5.41) is 0. The second-order valence-electron chi connectivity index (χ2n) is 3.79. The van der Waals surface area contributed by atoms with E-state index in [-0.39, 0.29) is 0 Å². The molecule has 1 rings (SSSR count). The molecule has 0 aliphatic rings. The Morgan fingerprint density at radius 1 is 1.13 bits per heavy atom. The van der Waals surface area contributed by atoms with Gasteiger partial charge >= 0.3 is 0 Å². The fraction of sp³-hybridized carbons (Fsp3) is 0.615. The molecule has 0 spiro atoms. The molecular formula is C13H21NO. The van der Waals surface area contributed by atoms with Crippen molar-refractivity contribution < 1.29 is 4.74 Å². The van der Waals surface area contributed by atoms with Crippen LogP contribution >= 0.6 is 0 Å². The summed E-state index contributed by atoms with van der Waals surface area (Å²) >= 11 is 0. The fourth-order valence-corrected chi connectivity index (χ4v) is 1.47. The zero-order chi connectivity index (χ0) is 10.8. The average Bonchev–Trinajstić information content (AvgIpc) is 2.29. The first-order chi connectivity index (χ1) is 7.43. The second kappa shape index (κ2) is 8.42. The predicted octanol–water partition coefficient (Wildman–Crippen LogP) is 3.57. The maximum absolute atomic E-state index is 5.54. The van der Waals surface area contributed by atoms with Gasteiger partial charge in [0.2, 0.25) is 0 Å². The lowest BCUT2D eigenvalue weighted by atomic mass is 10.2. The Kier molecular flexibility index (Phi) is 6.84. The fourth-order valence-electron chi connectivity index (χ4n) is 1.47. The van der Waals surface area contributed by atoms with Crippen molar-refractivity contribution in [3.8, 4) is 0 Å². The van der Waals surface area contributed by atoms with Crippen LogP contribution < -0.4 is 0 Å². The summed E-state index contributed by atoms with van der Waals surface area (Å²) < 4.78 is 5.54. The highest BCUT2D eigenvalue weighted by molar-refractivity contribution is 5.01. The van der Waals surface area contributed by atoms with Crippen molar-refractivity contribution in [2.45, 2.75) is 45.6 Å². The summed E-state index contributed by atoms with van der Waals surface area (Å²) in [6, 6.07) is 5.91. The van der Waals surface area contributed by atoms with E-state index < -0.39 is 0 Å². The van der Waals surface area contributed by atoms with E-state index in [1.807, 2.05) is 18.2 Å². The summed E-state index contributed by atoms with van der Waals surface area (Å²) in [6.45, 7) is 3.74. The molecule has 0 amide bonds. The third-order valence-corrected chi connectivity index (χ3v) is 2.37. The van der Waals surface area contributed by atoms with Crippen molar-refractivity contribution >= 4 is 0 Å². The summed E-state index contributed by atoms with van der Waals surface area (Å²) in [5.41, 5.74) is 1.02. The van der Waals surface area contributed by atoms with Gasteiger partial charge in [0, 0.05) is 12.8 Å². The summed E-state index contributed by atoms with van der Waals surface area (Å²) in [5.74, 6) is 0. The van der Waals surface area contributed by atoms with Gasteiger partial charge in [-0.3, -0.25) is 4.98 Å². The monoisotopic (exact) mass is 207 g/mol. The van der Waals surface area contributed by atoms with Gasteiger partial charge in [-0.25, -0.2) is 0 Å². The molecule has 1 aromatic rings. The number of aromatic nitrogens is 1. The largest absolute Gasteiger partial charge is 0.375 e. The quantitative estimate of drug-likeness (QED) is 0.608. The number of hydrogen-bond donors (Lipinski definition) is 0. The van der Waals surface area contributed by atoms with Crippen LogP contribution in [-0.2, 0) is 11.3 Å². The van der Waals surface area contributed by atoms with E-state index in [9.17, 15) is 0 Å². The third kappa shape index (κ3) is 6.24. The van der Waals surface area contributed by atoms with Gasteiger partial charge in [-0.15, -0.1) is 0 Å². The summed E-state index contributed by atoms with van der Waals surface area (Å²) in [4.78, 5) is 4.20. The Morgan fingerprint density at radius 3 is 2.73 bits per heavy atom. The Balaban J connectivity index is 1.93. The summed E-state index contributed by atoms with van der Waals surface area (Å²) in [7, 11) is 0. The molecule has 0 aromatic carbocycles. The maximum atomic E-state index is 5.54. The van der Waals surface area contributed by atoms with Crippen molar-refractivity contribution in [1.29, 1.82) is 0 Å². The number of unbranched alkanes of at least 4 members (excludes halogenated alkanes) is 4. The van der Waals surface area contributed by atoms with Gasteiger partial charge in [-0.1, -0.05) is 38.7 Å². The van der Waals surface area contributed by atoms with Crippen LogP contribution in [0, 0.1) is 0 Å². The first-order valence-corrected chi connectivity index (χ1v) is 5.91. The normalized spacial score (nSPS) is 10.5. The molecule has 1 heterocycles. The molecule has 0 aliphatic heterocycles. The zero-order valence-electron chi connectivity index (χ0n) is 9.61. The highest BCUT2D eigenvalue weighted by Crippen LogP contribution is 2.03. The third-order valence-electron chi connectivity index (χ3n) is 2.37. The standard InChI is InChI=1S/C13H21NO/c1-2-3-4-5-8-11-15-12-13-9-6-7-10-14-13/h6-7,9-10H,2-5,8,11-12H2,1H3. The van der Waals surface area contributed by atoms with Gasteiger partial charge in [-0.05, 0) is 18.6 Å². The molecule has 0 unspecified atom stereocenters.